The van der Waals surface area contributed by atoms with Gasteiger partial charge in [-0.2, -0.15) is 0 Å². The zero-order chi connectivity index (χ0) is 17.3. The smallest absolute Gasteiger partial charge is 0.227 e. The number of aliphatic carboxylic acids is 1. The molecule has 3 aromatic rings. The number of aliphatic hydroxyl groups excluding tert-OH is 1. The minimum absolute atomic E-state index is 0.106. The summed E-state index contributed by atoms with van der Waals surface area (Å²) in [6.07, 6.45) is -0.397. The lowest BCUT2D eigenvalue weighted by atomic mass is 10.2. The molecule has 0 aliphatic rings. The van der Waals surface area contributed by atoms with E-state index < -0.39 is 12.4 Å². The SMILES string of the molecule is Cc1cc(-c2oc(-c3ccc(F)cc3)nc2CC(=O)[O-])sc1CO. The van der Waals surface area contributed by atoms with Crippen LogP contribution in [-0.4, -0.2) is 16.1 Å². The molecule has 0 spiro atoms. The van der Waals surface area contributed by atoms with Gasteiger partial charge in [-0.3, -0.25) is 0 Å². The Morgan fingerprint density at radius 2 is 2.08 bits per heavy atom. The van der Waals surface area contributed by atoms with Gasteiger partial charge in [0.1, 0.15) is 5.82 Å². The Balaban J connectivity index is 2.09. The van der Waals surface area contributed by atoms with Crippen molar-refractivity contribution in [1.29, 1.82) is 0 Å². The van der Waals surface area contributed by atoms with Crippen LogP contribution in [0.25, 0.3) is 22.1 Å². The molecule has 0 unspecified atom stereocenters. The highest BCUT2D eigenvalue weighted by Crippen LogP contribution is 2.36. The number of halogens is 1. The Kier molecular flexibility index (Phi) is 4.46. The summed E-state index contributed by atoms with van der Waals surface area (Å²) in [5.74, 6) is -1.13. The molecule has 124 valence electrons. The second-order valence-corrected chi connectivity index (χ2v) is 6.36. The molecular weight excluding hydrogens is 333 g/mol. The van der Waals surface area contributed by atoms with Gasteiger partial charge in [0.2, 0.25) is 5.89 Å². The Labute approximate surface area is 141 Å². The number of aliphatic hydroxyl groups is 1. The molecule has 0 bridgehead atoms. The number of nitrogens with zero attached hydrogens (tertiary/aromatic N) is 1. The number of carbonyl (C=O) groups excluding carboxylic acids is 1. The fourth-order valence-corrected chi connectivity index (χ4v) is 3.34. The van der Waals surface area contributed by atoms with Crippen molar-refractivity contribution in [2.24, 2.45) is 0 Å². The van der Waals surface area contributed by atoms with Crippen LogP contribution in [-0.2, 0) is 17.8 Å². The molecule has 7 heteroatoms. The van der Waals surface area contributed by atoms with Crippen LogP contribution in [0.15, 0.2) is 34.7 Å². The van der Waals surface area contributed by atoms with Gasteiger partial charge in [-0.15, -0.1) is 11.3 Å². The van der Waals surface area contributed by atoms with E-state index in [1.54, 1.807) is 0 Å². The molecule has 1 aromatic carbocycles. The Hall–Kier alpha value is -2.51. The number of oxazole rings is 1. The van der Waals surface area contributed by atoms with Crippen molar-refractivity contribution in [3.8, 4) is 22.1 Å². The van der Waals surface area contributed by atoms with Gasteiger partial charge >= 0.3 is 0 Å². The van der Waals surface area contributed by atoms with Crippen molar-refractivity contribution in [1.82, 2.24) is 4.98 Å². The lowest BCUT2D eigenvalue weighted by Crippen LogP contribution is -2.24. The first-order valence-electron chi connectivity index (χ1n) is 7.14. The van der Waals surface area contributed by atoms with Gasteiger partial charge in [0, 0.05) is 22.8 Å². The Morgan fingerprint density at radius 3 is 2.67 bits per heavy atom. The highest BCUT2D eigenvalue weighted by atomic mass is 32.1. The number of benzene rings is 1. The van der Waals surface area contributed by atoms with Crippen LogP contribution in [0.1, 0.15) is 16.1 Å². The van der Waals surface area contributed by atoms with Gasteiger partial charge in [0.25, 0.3) is 0 Å². The second kappa shape index (κ2) is 6.54. The van der Waals surface area contributed by atoms with Crippen molar-refractivity contribution in [2.75, 3.05) is 0 Å². The number of carboxylic acids is 1. The lowest BCUT2D eigenvalue weighted by Gasteiger charge is -1.99. The van der Waals surface area contributed by atoms with Crippen LogP contribution in [0.3, 0.4) is 0 Å². The highest BCUT2D eigenvalue weighted by molar-refractivity contribution is 7.15. The number of thiophene rings is 1. The first kappa shape index (κ1) is 16.4. The monoisotopic (exact) mass is 346 g/mol. The summed E-state index contributed by atoms with van der Waals surface area (Å²) in [7, 11) is 0. The predicted molar refractivity (Wildman–Crippen MR) is 84.6 cm³/mol. The number of aryl methyl sites for hydroxylation is 1. The fraction of sp³-hybridized carbons (Fsp3) is 0.176. The number of rotatable bonds is 5. The third-order valence-electron chi connectivity index (χ3n) is 3.49. The Morgan fingerprint density at radius 1 is 1.38 bits per heavy atom. The highest BCUT2D eigenvalue weighted by Gasteiger charge is 2.19. The quantitative estimate of drug-likeness (QED) is 0.766. The molecule has 3 rings (SSSR count). The van der Waals surface area contributed by atoms with E-state index in [4.69, 9.17) is 4.42 Å². The molecule has 0 saturated heterocycles. The zero-order valence-electron chi connectivity index (χ0n) is 12.7. The molecule has 0 aliphatic carbocycles. The summed E-state index contributed by atoms with van der Waals surface area (Å²) >= 11 is 1.31. The van der Waals surface area contributed by atoms with Gasteiger partial charge in [-0.05, 0) is 42.8 Å². The molecule has 5 nitrogen and oxygen atoms in total. The number of hydrogen-bond acceptors (Lipinski definition) is 6. The van der Waals surface area contributed by atoms with Crippen LogP contribution >= 0.6 is 11.3 Å². The van der Waals surface area contributed by atoms with Gasteiger partial charge < -0.3 is 19.4 Å². The summed E-state index contributed by atoms with van der Waals surface area (Å²) in [6, 6.07) is 7.37. The summed E-state index contributed by atoms with van der Waals surface area (Å²) in [4.78, 5) is 16.7. The maximum Gasteiger partial charge on any atom is 0.227 e. The topological polar surface area (TPSA) is 86.4 Å². The standard InChI is InChI=1S/C17H14FNO4S/c1-9-6-13(24-14(9)8-20)16-12(7-15(21)22)19-17(23-16)10-2-4-11(18)5-3-10/h2-6,20H,7-8H2,1H3,(H,21,22)/p-1. The molecule has 0 saturated carbocycles. The third-order valence-corrected chi connectivity index (χ3v) is 4.71. The molecule has 0 aliphatic heterocycles. The number of aromatic nitrogens is 1. The normalized spacial score (nSPS) is 11.0. The fourth-order valence-electron chi connectivity index (χ4n) is 2.31. The van der Waals surface area contributed by atoms with E-state index in [-0.39, 0.29) is 24.0 Å². The third kappa shape index (κ3) is 3.22. The summed E-state index contributed by atoms with van der Waals surface area (Å²) in [6.45, 7) is 1.74. The molecule has 0 radical (unpaired) electrons. The molecular formula is C17H13FNO4S-. The molecule has 2 heterocycles. The van der Waals surface area contributed by atoms with E-state index in [2.05, 4.69) is 4.98 Å². The summed E-state index contributed by atoms with van der Waals surface area (Å²) < 4.78 is 18.8. The van der Waals surface area contributed by atoms with E-state index in [1.807, 2.05) is 13.0 Å². The van der Waals surface area contributed by atoms with E-state index >= 15 is 0 Å². The molecule has 24 heavy (non-hydrogen) atoms. The van der Waals surface area contributed by atoms with Gasteiger partial charge in [0.05, 0.1) is 17.2 Å². The van der Waals surface area contributed by atoms with Crippen molar-refractivity contribution >= 4 is 17.3 Å². The maximum atomic E-state index is 13.1. The maximum absolute atomic E-state index is 13.1. The molecule has 2 aromatic heterocycles. The summed E-state index contributed by atoms with van der Waals surface area (Å²) in [5, 5.41) is 20.3. The first-order valence-corrected chi connectivity index (χ1v) is 7.95. The number of carboxylic acid groups (broad SMARTS) is 1. The minimum Gasteiger partial charge on any atom is -0.550 e. The van der Waals surface area contributed by atoms with Gasteiger partial charge in [-0.1, -0.05) is 0 Å². The van der Waals surface area contributed by atoms with Crippen molar-refractivity contribution < 1.29 is 23.8 Å². The van der Waals surface area contributed by atoms with Crippen LogP contribution in [0.5, 0.6) is 0 Å². The first-order chi connectivity index (χ1) is 11.5. The van der Waals surface area contributed by atoms with Crippen molar-refractivity contribution in [3.63, 3.8) is 0 Å². The van der Waals surface area contributed by atoms with E-state index in [1.165, 1.54) is 35.6 Å². The predicted octanol–water partition coefficient (Wildman–Crippen LogP) is 2.30. The van der Waals surface area contributed by atoms with E-state index in [0.717, 1.165) is 10.4 Å². The summed E-state index contributed by atoms with van der Waals surface area (Å²) in [5.41, 5.74) is 1.66. The molecule has 0 atom stereocenters. The minimum atomic E-state index is -1.27. The van der Waals surface area contributed by atoms with Crippen LogP contribution in [0.2, 0.25) is 0 Å². The average Bonchev–Trinajstić information content (AvgIpc) is 3.11. The van der Waals surface area contributed by atoms with E-state index in [9.17, 15) is 19.4 Å². The van der Waals surface area contributed by atoms with Crippen LogP contribution in [0.4, 0.5) is 4.39 Å². The molecule has 0 amide bonds. The largest absolute Gasteiger partial charge is 0.550 e. The van der Waals surface area contributed by atoms with Crippen molar-refractivity contribution in [2.45, 2.75) is 20.0 Å². The van der Waals surface area contributed by atoms with Gasteiger partial charge in [0.15, 0.2) is 5.76 Å². The van der Waals surface area contributed by atoms with Crippen molar-refractivity contribution in [3.05, 3.63) is 52.3 Å². The zero-order valence-corrected chi connectivity index (χ0v) is 13.5. The number of hydrogen-bond donors (Lipinski definition) is 1. The second-order valence-electron chi connectivity index (χ2n) is 5.23. The molecule has 1 N–H and O–H groups in total. The lowest BCUT2D eigenvalue weighted by molar-refractivity contribution is -0.304. The van der Waals surface area contributed by atoms with Gasteiger partial charge in [-0.25, -0.2) is 9.37 Å². The average molecular weight is 346 g/mol. The van der Waals surface area contributed by atoms with E-state index in [0.29, 0.717) is 16.2 Å². The Bertz CT molecular complexity index is 883. The number of carbonyl (C=O) groups is 1. The van der Waals surface area contributed by atoms with Crippen LogP contribution in [0, 0.1) is 12.7 Å². The molecule has 0 fully saturated rings. The van der Waals surface area contributed by atoms with Crippen LogP contribution < -0.4 is 5.11 Å².